The summed E-state index contributed by atoms with van der Waals surface area (Å²) in [6.07, 6.45) is 1.34. The minimum atomic E-state index is -0.347. The van der Waals surface area contributed by atoms with Crippen LogP contribution in [0, 0.1) is 23.0 Å². The largest absolute Gasteiger partial charge is 0.466 e. The van der Waals surface area contributed by atoms with Crippen LogP contribution in [0.15, 0.2) is 18.2 Å². The Morgan fingerprint density at radius 3 is 2.67 bits per heavy atom. The number of nitrogens with zero attached hydrogens (tertiary/aromatic N) is 2. The van der Waals surface area contributed by atoms with Crippen LogP contribution in [-0.4, -0.2) is 30.6 Å². The van der Waals surface area contributed by atoms with E-state index in [0.717, 1.165) is 5.56 Å². The number of rotatable bonds is 4. The van der Waals surface area contributed by atoms with E-state index < -0.39 is 0 Å². The molecule has 0 aromatic heterocycles. The SMILES string of the molecule is CCOC(=O)C1CCN(c2ccc(C)cc2[N+](=O)[O-])CC1. The average molecular weight is 292 g/mol. The number of esters is 1. The van der Waals surface area contributed by atoms with Gasteiger partial charge in [0.15, 0.2) is 0 Å². The predicted octanol–water partition coefficient (Wildman–Crippen LogP) is 2.68. The highest BCUT2D eigenvalue weighted by atomic mass is 16.6. The lowest BCUT2D eigenvalue weighted by Gasteiger charge is -2.32. The molecule has 0 radical (unpaired) electrons. The van der Waals surface area contributed by atoms with E-state index >= 15 is 0 Å². The Morgan fingerprint density at radius 2 is 2.10 bits per heavy atom. The molecule has 2 rings (SSSR count). The van der Waals surface area contributed by atoms with Crippen molar-refractivity contribution < 1.29 is 14.5 Å². The van der Waals surface area contributed by atoms with Crippen molar-refractivity contribution in [3.8, 4) is 0 Å². The lowest BCUT2D eigenvalue weighted by molar-refractivity contribution is -0.384. The van der Waals surface area contributed by atoms with Gasteiger partial charge in [0, 0.05) is 19.2 Å². The van der Waals surface area contributed by atoms with Gasteiger partial charge in [-0.25, -0.2) is 0 Å². The van der Waals surface area contributed by atoms with Crippen molar-refractivity contribution in [3.63, 3.8) is 0 Å². The molecule has 1 fully saturated rings. The third-order valence-electron chi connectivity index (χ3n) is 3.78. The molecule has 0 unspecified atom stereocenters. The second kappa shape index (κ2) is 6.56. The van der Waals surface area contributed by atoms with E-state index in [1.54, 1.807) is 19.1 Å². The molecule has 1 heterocycles. The van der Waals surface area contributed by atoms with Gasteiger partial charge in [0.05, 0.1) is 17.4 Å². The van der Waals surface area contributed by atoms with Crippen LogP contribution in [-0.2, 0) is 9.53 Å². The number of nitro groups is 1. The minimum absolute atomic E-state index is 0.0919. The van der Waals surface area contributed by atoms with Gasteiger partial charge in [-0.1, -0.05) is 6.07 Å². The fourth-order valence-electron chi connectivity index (χ4n) is 2.66. The number of hydrogen-bond donors (Lipinski definition) is 0. The van der Waals surface area contributed by atoms with Crippen LogP contribution >= 0.6 is 0 Å². The Hall–Kier alpha value is -2.11. The monoisotopic (exact) mass is 292 g/mol. The molecular formula is C15H20N2O4. The summed E-state index contributed by atoms with van der Waals surface area (Å²) in [5, 5.41) is 11.2. The van der Waals surface area contributed by atoms with E-state index in [9.17, 15) is 14.9 Å². The topological polar surface area (TPSA) is 72.7 Å². The van der Waals surface area contributed by atoms with Crippen LogP contribution < -0.4 is 4.90 Å². The first-order valence-corrected chi connectivity index (χ1v) is 7.19. The number of nitro benzene ring substituents is 1. The average Bonchev–Trinajstić information content (AvgIpc) is 2.47. The summed E-state index contributed by atoms with van der Waals surface area (Å²) in [6.45, 7) is 5.29. The zero-order valence-corrected chi connectivity index (χ0v) is 12.4. The van der Waals surface area contributed by atoms with E-state index in [2.05, 4.69) is 0 Å². The molecule has 0 bridgehead atoms. The number of piperidine rings is 1. The predicted molar refractivity (Wildman–Crippen MR) is 79.4 cm³/mol. The smallest absolute Gasteiger partial charge is 0.309 e. The fraction of sp³-hybridized carbons (Fsp3) is 0.533. The Kier molecular flexibility index (Phi) is 4.77. The summed E-state index contributed by atoms with van der Waals surface area (Å²) in [5.41, 5.74) is 1.63. The lowest BCUT2D eigenvalue weighted by Crippen LogP contribution is -2.37. The zero-order chi connectivity index (χ0) is 15.4. The van der Waals surface area contributed by atoms with Crippen molar-refractivity contribution in [2.24, 2.45) is 5.92 Å². The molecule has 114 valence electrons. The van der Waals surface area contributed by atoms with Crippen molar-refractivity contribution in [2.75, 3.05) is 24.6 Å². The van der Waals surface area contributed by atoms with E-state index in [4.69, 9.17) is 4.74 Å². The Morgan fingerprint density at radius 1 is 1.43 bits per heavy atom. The first kappa shape index (κ1) is 15.3. The molecule has 6 heteroatoms. The number of anilines is 1. The molecule has 1 aromatic carbocycles. The molecule has 1 aliphatic rings. The lowest BCUT2D eigenvalue weighted by atomic mass is 9.96. The maximum atomic E-state index is 11.7. The maximum absolute atomic E-state index is 11.7. The zero-order valence-electron chi connectivity index (χ0n) is 12.4. The molecule has 0 saturated carbocycles. The highest BCUT2D eigenvalue weighted by molar-refractivity contribution is 5.73. The first-order valence-electron chi connectivity index (χ1n) is 7.19. The minimum Gasteiger partial charge on any atom is -0.466 e. The normalized spacial score (nSPS) is 15.8. The van der Waals surface area contributed by atoms with E-state index in [-0.39, 0.29) is 22.5 Å². The van der Waals surface area contributed by atoms with E-state index in [0.29, 0.717) is 38.2 Å². The highest BCUT2D eigenvalue weighted by Crippen LogP contribution is 2.32. The number of hydrogen-bond acceptors (Lipinski definition) is 5. The standard InChI is InChI=1S/C15H20N2O4/c1-3-21-15(18)12-6-8-16(9-7-12)13-5-4-11(2)10-14(13)17(19)20/h4-5,10,12H,3,6-9H2,1-2H3. The Bertz CT molecular complexity index is 536. The van der Waals surface area contributed by atoms with E-state index in [1.165, 1.54) is 0 Å². The van der Waals surface area contributed by atoms with Gasteiger partial charge in [0.1, 0.15) is 5.69 Å². The second-order valence-corrected chi connectivity index (χ2v) is 5.26. The van der Waals surface area contributed by atoms with Gasteiger partial charge < -0.3 is 9.64 Å². The van der Waals surface area contributed by atoms with E-state index in [1.807, 2.05) is 17.9 Å². The van der Waals surface area contributed by atoms with Crippen molar-refractivity contribution >= 4 is 17.3 Å². The summed E-state index contributed by atoms with van der Waals surface area (Å²) in [7, 11) is 0. The Labute approximate surface area is 123 Å². The van der Waals surface area contributed by atoms with Gasteiger partial charge in [-0.2, -0.15) is 0 Å². The molecular weight excluding hydrogens is 272 g/mol. The number of carbonyl (C=O) groups excluding carboxylic acids is 1. The third-order valence-corrected chi connectivity index (χ3v) is 3.78. The van der Waals surface area contributed by atoms with Crippen molar-refractivity contribution in [3.05, 3.63) is 33.9 Å². The Balaban J connectivity index is 2.09. The summed E-state index contributed by atoms with van der Waals surface area (Å²) in [5.74, 6) is -0.249. The summed E-state index contributed by atoms with van der Waals surface area (Å²) in [6, 6.07) is 5.25. The number of ether oxygens (including phenoxy) is 1. The quantitative estimate of drug-likeness (QED) is 0.484. The third kappa shape index (κ3) is 3.51. The van der Waals surface area contributed by atoms with Crippen LogP contribution in [0.25, 0.3) is 0 Å². The van der Waals surface area contributed by atoms with Gasteiger partial charge in [-0.15, -0.1) is 0 Å². The number of aryl methyl sites for hydroxylation is 1. The molecule has 1 aliphatic heterocycles. The summed E-state index contributed by atoms with van der Waals surface area (Å²) >= 11 is 0. The van der Waals surface area contributed by atoms with Gasteiger partial charge in [0.25, 0.3) is 5.69 Å². The van der Waals surface area contributed by atoms with Gasteiger partial charge in [0.2, 0.25) is 0 Å². The van der Waals surface area contributed by atoms with Gasteiger partial charge >= 0.3 is 5.97 Å². The van der Waals surface area contributed by atoms with Crippen molar-refractivity contribution in [1.29, 1.82) is 0 Å². The summed E-state index contributed by atoms with van der Waals surface area (Å²) < 4.78 is 5.03. The molecule has 0 N–H and O–H groups in total. The molecule has 0 spiro atoms. The molecule has 0 atom stereocenters. The fourth-order valence-corrected chi connectivity index (χ4v) is 2.66. The maximum Gasteiger partial charge on any atom is 0.309 e. The van der Waals surface area contributed by atoms with Gasteiger partial charge in [-0.05, 0) is 38.3 Å². The van der Waals surface area contributed by atoms with Crippen LogP contribution in [0.3, 0.4) is 0 Å². The molecule has 0 aliphatic carbocycles. The molecule has 21 heavy (non-hydrogen) atoms. The highest BCUT2D eigenvalue weighted by Gasteiger charge is 2.28. The molecule has 0 amide bonds. The number of carbonyl (C=O) groups is 1. The molecule has 1 saturated heterocycles. The molecule has 1 aromatic rings. The summed E-state index contributed by atoms with van der Waals surface area (Å²) in [4.78, 5) is 24.5. The van der Waals surface area contributed by atoms with Crippen LogP contribution in [0.2, 0.25) is 0 Å². The first-order chi connectivity index (χ1) is 10.0. The van der Waals surface area contributed by atoms with Crippen LogP contribution in [0.4, 0.5) is 11.4 Å². The molecule has 6 nitrogen and oxygen atoms in total. The van der Waals surface area contributed by atoms with Crippen LogP contribution in [0.5, 0.6) is 0 Å². The van der Waals surface area contributed by atoms with Crippen molar-refractivity contribution in [2.45, 2.75) is 26.7 Å². The van der Waals surface area contributed by atoms with Gasteiger partial charge in [-0.3, -0.25) is 14.9 Å². The second-order valence-electron chi connectivity index (χ2n) is 5.26. The van der Waals surface area contributed by atoms with Crippen molar-refractivity contribution in [1.82, 2.24) is 0 Å². The van der Waals surface area contributed by atoms with Crippen LogP contribution in [0.1, 0.15) is 25.3 Å². The number of benzene rings is 1.